The van der Waals surface area contributed by atoms with Gasteiger partial charge in [0.25, 0.3) is 0 Å². The minimum Gasteiger partial charge on any atom is -0.313 e. The largest absolute Gasteiger partial charge is 0.313 e. The molecule has 0 saturated carbocycles. The average Bonchev–Trinajstić information content (AvgIpc) is 2.93. The highest BCUT2D eigenvalue weighted by molar-refractivity contribution is 7.91. The smallest absolute Gasteiger partial charge is 0.150 e. The van der Waals surface area contributed by atoms with E-state index in [1.165, 1.54) is 5.56 Å². The molecule has 1 aromatic heterocycles. The van der Waals surface area contributed by atoms with Crippen molar-refractivity contribution in [2.24, 2.45) is 5.92 Å². The van der Waals surface area contributed by atoms with Crippen LogP contribution >= 0.6 is 11.3 Å². The van der Waals surface area contributed by atoms with Gasteiger partial charge < -0.3 is 5.32 Å². The second-order valence-corrected chi connectivity index (χ2v) is 8.07. The van der Waals surface area contributed by atoms with Crippen LogP contribution in [0.15, 0.2) is 16.8 Å². The van der Waals surface area contributed by atoms with Gasteiger partial charge in [-0.15, -0.1) is 0 Å². The van der Waals surface area contributed by atoms with Crippen molar-refractivity contribution >= 4 is 21.2 Å². The van der Waals surface area contributed by atoms with E-state index >= 15 is 0 Å². The summed E-state index contributed by atoms with van der Waals surface area (Å²) in [6.07, 6.45) is 2.84. The van der Waals surface area contributed by atoms with Gasteiger partial charge in [-0.3, -0.25) is 0 Å². The Balaban J connectivity index is 2.01. The van der Waals surface area contributed by atoms with Crippen molar-refractivity contribution in [1.82, 2.24) is 5.32 Å². The first kappa shape index (κ1) is 14.0. The van der Waals surface area contributed by atoms with E-state index in [2.05, 4.69) is 29.1 Å². The van der Waals surface area contributed by atoms with E-state index in [1.54, 1.807) is 11.3 Å². The Bertz CT molecular complexity index is 453. The van der Waals surface area contributed by atoms with Crippen LogP contribution in [0.4, 0.5) is 0 Å². The van der Waals surface area contributed by atoms with Crippen LogP contribution in [0, 0.1) is 5.92 Å². The van der Waals surface area contributed by atoms with Crippen molar-refractivity contribution in [2.45, 2.75) is 32.2 Å². The SMILES string of the molecule is CCCNC(Cc1ccsc1)C1CCS(=O)(=O)C1. The highest BCUT2D eigenvalue weighted by Gasteiger charge is 2.33. The number of rotatable bonds is 6. The molecule has 1 aromatic rings. The van der Waals surface area contributed by atoms with Crippen molar-refractivity contribution in [3.8, 4) is 0 Å². The Morgan fingerprint density at radius 3 is 2.94 bits per heavy atom. The van der Waals surface area contributed by atoms with Crippen LogP contribution < -0.4 is 5.32 Å². The van der Waals surface area contributed by atoms with E-state index in [0.29, 0.717) is 17.5 Å². The van der Waals surface area contributed by atoms with Crippen molar-refractivity contribution in [2.75, 3.05) is 18.1 Å². The predicted octanol–water partition coefficient (Wildman–Crippen LogP) is 2.09. The van der Waals surface area contributed by atoms with Crippen LogP contribution in [0.3, 0.4) is 0 Å². The molecule has 2 unspecified atom stereocenters. The molecule has 1 aliphatic rings. The fourth-order valence-corrected chi connectivity index (χ4v) is 5.10. The fourth-order valence-electron chi connectivity index (χ4n) is 2.54. The molecule has 2 atom stereocenters. The summed E-state index contributed by atoms with van der Waals surface area (Å²) < 4.78 is 23.2. The average molecular weight is 287 g/mol. The molecule has 0 aromatic carbocycles. The lowest BCUT2D eigenvalue weighted by Crippen LogP contribution is -2.39. The van der Waals surface area contributed by atoms with Crippen LogP contribution in [-0.2, 0) is 16.3 Å². The molecule has 0 radical (unpaired) electrons. The van der Waals surface area contributed by atoms with Crippen molar-refractivity contribution in [1.29, 1.82) is 0 Å². The van der Waals surface area contributed by atoms with Crippen LogP contribution in [0.5, 0.6) is 0 Å². The standard InChI is InChI=1S/C13H21NO2S2/c1-2-5-14-13(8-11-3-6-17-9-11)12-4-7-18(15,16)10-12/h3,6,9,12-14H,2,4-5,7-8,10H2,1H3. The highest BCUT2D eigenvalue weighted by Crippen LogP contribution is 2.24. The van der Waals surface area contributed by atoms with Crippen LogP contribution in [-0.4, -0.2) is 32.5 Å². The molecule has 5 heteroatoms. The summed E-state index contributed by atoms with van der Waals surface area (Å²) in [5, 5.41) is 7.77. The van der Waals surface area contributed by atoms with Gasteiger partial charge in [0.15, 0.2) is 9.84 Å². The summed E-state index contributed by atoms with van der Waals surface area (Å²) in [5.41, 5.74) is 1.32. The molecule has 1 N–H and O–H groups in total. The van der Waals surface area contributed by atoms with Crippen LogP contribution in [0.2, 0.25) is 0 Å². The first-order valence-electron chi connectivity index (χ1n) is 6.55. The Morgan fingerprint density at radius 2 is 2.39 bits per heavy atom. The molecule has 0 bridgehead atoms. The van der Waals surface area contributed by atoms with Gasteiger partial charge in [-0.2, -0.15) is 11.3 Å². The van der Waals surface area contributed by atoms with Gasteiger partial charge in [-0.1, -0.05) is 6.92 Å². The molecule has 0 aliphatic carbocycles. The first-order chi connectivity index (χ1) is 8.61. The lowest BCUT2D eigenvalue weighted by atomic mass is 9.94. The van der Waals surface area contributed by atoms with E-state index in [0.717, 1.165) is 25.8 Å². The van der Waals surface area contributed by atoms with E-state index in [9.17, 15) is 8.42 Å². The molecule has 102 valence electrons. The molecule has 18 heavy (non-hydrogen) atoms. The zero-order chi connectivity index (χ0) is 13.0. The molecule has 1 fully saturated rings. The molecule has 2 heterocycles. The maximum Gasteiger partial charge on any atom is 0.150 e. The summed E-state index contributed by atoms with van der Waals surface area (Å²) in [6.45, 7) is 3.10. The number of nitrogens with one attached hydrogen (secondary N) is 1. The zero-order valence-electron chi connectivity index (χ0n) is 10.8. The first-order valence-corrected chi connectivity index (χ1v) is 9.32. The van der Waals surface area contributed by atoms with Crippen molar-refractivity contribution in [3.63, 3.8) is 0 Å². The topological polar surface area (TPSA) is 46.2 Å². The third-order valence-electron chi connectivity index (χ3n) is 3.53. The number of thiophene rings is 1. The van der Waals surface area contributed by atoms with Gasteiger partial charge in [0.1, 0.15) is 0 Å². The Morgan fingerprint density at radius 1 is 1.56 bits per heavy atom. The van der Waals surface area contributed by atoms with Gasteiger partial charge in [0.2, 0.25) is 0 Å². The summed E-state index contributed by atoms with van der Waals surface area (Å²) >= 11 is 1.70. The summed E-state index contributed by atoms with van der Waals surface area (Å²) in [4.78, 5) is 0. The zero-order valence-corrected chi connectivity index (χ0v) is 12.4. The second-order valence-electron chi connectivity index (χ2n) is 5.06. The fraction of sp³-hybridized carbons (Fsp3) is 0.692. The quantitative estimate of drug-likeness (QED) is 0.871. The molecular formula is C13H21NO2S2. The van der Waals surface area contributed by atoms with E-state index in [-0.39, 0.29) is 5.92 Å². The predicted molar refractivity (Wildman–Crippen MR) is 76.9 cm³/mol. The molecule has 1 saturated heterocycles. The summed E-state index contributed by atoms with van der Waals surface area (Å²) in [5.74, 6) is 1.01. The van der Waals surface area contributed by atoms with Crippen molar-refractivity contribution < 1.29 is 8.42 Å². The molecule has 2 rings (SSSR count). The maximum atomic E-state index is 11.6. The third kappa shape index (κ3) is 3.80. The summed E-state index contributed by atoms with van der Waals surface area (Å²) in [6, 6.07) is 2.44. The normalized spacial score (nSPS) is 24.2. The third-order valence-corrected chi connectivity index (χ3v) is 6.05. The Labute approximate surface area is 114 Å². The Kier molecular flexibility index (Phi) is 4.81. The monoisotopic (exact) mass is 287 g/mol. The molecule has 1 aliphatic heterocycles. The highest BCUT2D eigenvalue weighted by atomic mass is 32.2. The van der Waals surface area contributed by atoms with Crippen LogP contribution in [0.1, 0.15) is 25.3 Å². The number of sulfone groups is 1. The maximum absolute atomic E-state index is 11.6. The van der Waals surface area contributed by atoms with Gasteiger partial charge >= 0.3 is 0 Å². The van der Waals surface area contributed by atoms with Gasteiger partial charge in [-0.05, 0) is 54.1 Å². The van der Waals surface area contributed by atoms with E-state index < -0.39 is 9.84 Å². The molecule has 0 spiro atoms. The lowest BCUT2D eigenvalue weighted by molar-refractivity contribution is 0.379. The minimum absolute atomic E-state index is 0.279. The lowest BCUT2D eigenvalue weighted by Gasteiger charge is -2.23. The van der Waals surface area contributed by atoms with E-state index in [4.69, 9.17) is 0 Å². The van der Waals surface area contributed by atoms with Gasteiger partial charge in [0, 0.05) is 6.04 Å². The summed E-state index contributed by atoms with van der Waals surface area (Å²) in [7, 11) is -2.78. The van der Waals surface area contributed by atoms with Crippen LogP contribution in [0.25, 0.3) is 0 Å². The molecule has 3 nitrogen and oxygen atoms in total. The van der Waals surface area contributed by atoms with Gasteiger partial charge in [0.05, 0.1) is 11.5 Å². The minimum atomic E-state index is -2.78. The molecular weight excluding hydrogens is 266 g/mol. The number of hydrogen-bond donors (Lipinski definition) is 1. The Hall–Kier alpha value is -0.390. The molecule has 0 amide bonds. The van der Waals surface area contributed by atoms with E-state index in [1.807, 2.05) is 0 Å². The van der Waals surface area contributed by atoms with Gasteiger partial charge in [-0.25, -0.2) is 8.42 Å². The number of hydrogen-bond acceptors (Lipinski definition) is 4. The van der Waals surface area contributed by atoms with Crippen molar-refractivity contribution in [3.05, 3.63) is 22.4 Å². The second kappa shape index (κ2) is 6.17.